The third-order valence-corrected chi connectivity index (χ3v) is 9.27. The van der Waals surface area contributed by atoms with Crippen molar-refractivity contribution < 1.29 is 0 Å². The van der Waals surface area contributed by atoms with Gasteiger partial charge < -0.3 is 4.57 Å². The molecule has 3 heterocycles. The Balaban J connectivity index is 1.23. The van der Waals surface area contributed by atoms with Crippen LogP contribution < -0.4 is 0 Å². The molecule has 3 aromatic heterocycles. The van der Waals surface area contributed by atoms with Crippen LogP contribution in [-0.2, 0) is 18.5 Å². The second kappa shape index (κ2) is 12.8. The van der Waals surface area contributed by atoms with Gasteiger partial charge in [-0.15, -0.1) is 14.8 Å². The number of benzene rings is 5. The molecular formula is C41H36N8. The highest BCUT2D eigenvalue weighted by atomic mass is 15.6. The average Bonchev–Trinajstić information content (AvgIpc) is 3.87. The maximum Gasteiger partial charge on any atom is 0.184 e. The van der Waals surface area contributed by atoms with E-state index in [1.54, 1.807) is 4.63 Å². The van der Waals surface area contributed by atoms with Crippen molar-refractivity contribution in [2.75, 3.05) is 0 Å². The Morgan fingerprint density at radius 1 is 0.633 bits per heavy atom. The molecule has 0 aliphatic heterocycles. The van der Waals surface area contributed by atoms with Crippen LogP contribution in [0.2, 0.25) is 0 Å². The molecule has 240 valence electrons. The Morgan fingerprint density at radius 2 is 1.20 bits per heavy atom. The summed E-state index contributed by atoms with van der Waals surface area (Å²) >= 11 is 0. The van der Waals surface area contributed by atoms with Gasteiger partial charge >= 0.3 is 0 Å². The second-order valence-corrected chi connectivity index (χ2v) is 12.3. The average molecular weight is 641 g/mol. The van der Waals surface area contributed by atoms with Gasteiger partial charge in [-0.2, -0.15) is 5.10 Å². The summed E-state index contributed by atoms with van der Waals surface area (Å²) < 4.78 is 5.97. The summed E-state index contributed by atoms with van der Waals surface area (Å²) in [5.74, 6) is 1.61. The summed E-state index contributed by atoms with van der Waals surface area (Å²) in [6.45, 7) is 4.91. The Bertz CT molecular complexity index is 2220. The van der Waals surface area contributed by atoms with Crippen molar-refractivity contribution in [2.45, 2.75) is 38.8 Å². The highest BCUT2D eigenvalue weighted by molar-refractivity contribution is 5.81. The summed E-state index contributed by atoms with van der Waals surface area (Å²) in [7, 11) is 0. The van der Waals surface area contributed by atoms with Crippen molar-refractivity contribution >= 4 is 5.65 Å². The van der Waals surface area contributed by atoms with Crippen molar-refractivity contribution in [1.29, 1.82) is 0 Å². The molecule has 0 radical (unpaired) electrons. The van der Waals surface area contributed by atoms with Gasteiger partial charge in [0, 0.05) is 11.6 Å². The van der Waals surface area contributed by atoms with E-state index >= 15 is 0 Å². The molecule has 0 amide bonds. The number of rotatable bonds is 10. The Morgan fingerprint density at radius 3 is 1.80 bits per heavy atom. The summed E-state index contributed by atoms with van der Waals surface area (Å²) in [5.41, 5.74) is 8.70. The number of hydrogen-bond acceptors (Lipinski definition) is 5. The van der Waals surface area contributed by atoms with Gasteiger partial charge in [0.1, 0.15) is 11.4 Å². The SMILES string of the molecule is CCCc1cc2n(Cc3ccc(-c4ccccc4-c4nnnn4C(c4ccccc4)(c4ccccc4)c4ccccc4)cc3)c(C)nn2n1. The van der Waals surface area contributed by atoms with Crippen LogP contribution in [0.15, 0.2) is 146 Å². The van der Waals surface area contributed by atoms with Crippen LogP contribution in [0.5, 0.6) is 0 Å². The topological polar surface area (TPSA) is 78.7 Å². The van der Waals surface area contributed by atoms with E-state index in [0.717, 1.165) is 63.4 Å². The summed E-state index contributed by atoms with van der Waals surface area (Å²) in [4.78, 5) is 0. The van der Waals surface area contributed by atoms with E-state index in [1.165, 1.54) is 5.56 Å². The van der Waals surface area contributed by atoms with Crippen molar-refractivity contribution in [1.82, 2.24) is 39.6 Å². The van der Waals surface area contributed by atoms with Crippen LogP contribution in [0.4, 0.5) is 0 Å². The van der Waals surface area contributed by atoms with Crippen LogP contribution in [0.25, 0.3) is 28.2 Å². The molecule has 0 saturated heterocycles. The molecule has 8 aromatic rings. The monoisotopic (exact) mass is 640 g/mol. The number of tetrazole rings is 1. The molecule has 8 rings (SSSR count). The van der Waals surface area contributed by atoms with E-state index in [2.05, 4.69) is 148 Å². The molecule has 5 aromatic carbocycles. The lowest BCUT2D eigenvalue weighted by Crippen LogP contribution is -2.39. The Hall–Kier alpha value is -6.15. The Kier molecular flexibility index (Phi) is 7.89. The van der Waals surface area contributed by atoms with Crippen LogP contribution in [-0.4, -0.2) is 39.6 Å². The molecular weight excluding hydrogens is 605 g/mol. The van der Waals surface area contributed by atoms with Gasteiger partial charge in [-0.3, -0.25) is 0 Å². The lowest BCUT2D eigenvalue weighted by Gasteiger charge is -2.36. The minimum atomic E-state index is -0.835. The van der Waals surface area contributed by atoms with E-state index in [0.29, 0.717) is 12.4 Å². The van der Waals surface area contributed by atoms with Gasteiger partial charge in [0.2, 0.25) is 0 Å². The molecule has 8 nitrogen and oxygen atoms in total. The normalized spacial score (nSPS) is 11.7. The van der Waals surface area contributed by atoms with Crippen LogP contribution in [0.3, 0.4) is 0 Å². The van der Waals surface area contributed by atoms with E-state index in [4.69, 9.17) is 10.3 Å². The van der Waals surface area contributed by atoms with Crippen LogP contribution in [0.1, 0.15) is 47.1 Å². The van der Waals surface area contributed by atoms with Gasteiger partial charge in [0.05, 0.1) is 12.2 Å². The van der Waals surface area contributed by atoms with Gasteiger partial charge in [0.25, 0.3) is 0 Å². The van der Waals surface area contributed by atoms with Crippen molar-refractivity contribution in [2.24, 2.45) is 0 Å². The maximum absolute atomic E-state index is 4.77. The van der Waals surface area contributed by atoms with E-state index in [-0.39, 0.29) is 0 Å². The predicted molar refractivity (Wildman–Crippen MR) is 192 cm³/mol. The molecule has 0 spiro atoms. The Labute approximate surface area is 285 Å². The molecule has 0 atom stereocenters. The van der Waals surface area contributed by atoms with Gasteiger partial charge in [0.15, 0.2) is 11.5 Å². The molecule has 0 N–H and O–H groups in total. The number of aryl methyl sites for hydroxylation is 2. The van der Waals surface area contributed by atoms with Gasteiger partial charge in [-0.25, -0.2) is 4.68 Å². The fraction of sp³-hybridized carbons (Fsp3) is 0.146. The first kappa shape index (κ1) is 30.2. The predicted octanol–water partition coefficient (Wildman–Crippen LogP) is 8.00. The number of aromatic nitrogens is 8. The smallest absolute Gasteiger partial charge is 0.184 e. The fourth-order valence-electron chi connectivity index (χ4n) is 6.99. The van der Waals surface area contributed by atoms with E-state index in [9.17, 15) is 0 Å². The minimum absolute atomic E-state index is 0.677. The third kappa shape index (κ3) is 5.31. The first-order valence-corrected chi connectivity index (χ1v) is 16.7. The number of nitrogens with zero attached hydrogens (tertiary/aromatic N) is 8. The zero-order valence-electron chi connectivity index (χ0n) is 27.6. The largest absolute Gasteiger partial charge is 0.307 e. The molecule has 8 heteroatoms. The first-order valence-electron chi connectivity index (χ1n) is 16.7. The van der Waals surface area contributed by atoms with Gasteiger partial charge in [-0.05, 0) is 57.2 Å². The lowest BCUT2D eigenvalue weighted by molar-refractivity contribution is 0.451. The van der Waals surface area contributed by atoms with E-state index < -0.39 is 5.54 Å². The molecule has 0 bridgehead atoms. The second-order valence-electron chi connectivity index (χ2n) is 12.3. The van der Waals surface area contributed by atoms with Crippen LogP contribution in [0, 0.1) is 6.92 Å². The molecule has 49 heavy (non-hydrogen) atoms. The minimum Gasteiger partial charge on any atom is -0.307 e. The highest BCUT2D eigenvalue weighted by Gasteiger charge is 2.42. The molecule has 0 aliphatic rings. The summed E-state index contributed by atoms with van der Waals surface area (Å²) in [6.07, 6.45) is 2.00. The summed E-state index contributed by atoms with van der Waals surface area (Å²) in [5, 5.41) is 23.1. The number of fused-ring (bicyclic) bond motifs is 1. The zero-order valence-corrected chi connectivity index (χ0v) is 27.6. The van der Waals surface area contributed by atoms with Crippen molar-refractivity contribution in [3.05, 3.63) is 179 Å². The summed E-state index contributed by atoms with van der Waals surface area (Å²) in [6, 6.07) is 50.7. The highest BCUT2D eigenvalue weighted by Crippen LogP contribution is 2.43. The van der Waals surface area contributed by atoms with Crippen LogP contribution >= 0.6 is 0 Å². The van der Waals surface area contributed by atoms with Crippen molar-refractivity contribution in [3.63, 3.8) is 0 Å². The molecule has 0 unspecified atom stereocenters. The molecule has 0 fully saturated rings. The maximum atomic E-state index is 4.77. The van der Waals surface area contributed by atoms with Crippen molar-refractivity contribution in [3.8, 4) is 22.5 Å². The molecule has 0 saturated carbocycles. The number of hydrogen-bond donors (Lipinski definition) is 0. The standard InChI is InChI=1S/C41H36N8/c1-3-15-36-28-39-47(30(2)43-49(39)44-36)29-31-24-26-32(27-25-31)37-22-13-14-23-38(37)40-42-45-46-48(40)41(33-16-7-4-8-17-33,34-18-9-5-10-19-34)35-20-11-6-12-21-35/h4-14,16-28H,3,15,29H2,1-2H3. The van der Waals surface area contributed by atoms with Gasteiger partial charge in [-0.1, -0.05) is 153 Å². The first-order chi connectivity index (χ1) is 24.2. The van der Waals surface area contributed by atoms with E-state index in [1.807, 2.05) is 35.9 Å². The quantitative estimate of drug-likeness (QED) is 0.142. The zero-order chi connectivity index (χ0) is 33.2. The lowest BCUT2D eigenvalue weighted by atomic mass is 9.77. The molecule has 0 aliphatic carbocycles. The third-order valence-electron chi connectivity index (χ3n) is 9.27. The fourth-order valence-corrected chi connectivity index (χ4v) is 6.99.